The first-order chi connectivity index (χ1) is 9.47. The van der Waals surface area contributed by atoms with Gasteiger partial charge in [0.05, 0.1) is 12.2 Å². The summed E-state index contributed by atoms with van der Waals surface area (Å²) in [5, 5.41) is 12.7. The molecule has 112 valence electrons. The van der Waals surface area contributed by atoms with E-state index in [2.05, 4.69) is 16.3 Å². The number of nitrogens with zero attached hydrogens (tertiary/aromatic N) is 2. The molecule has 0 radical (unpaired) electrons. The molecule has 1 aliphatic rings. The van der Waals surface area contributed by atoms with Gasteiger partial charge in [-0.1, -0.05) is 0 Å². The zero-order valence-corrected chi connectivity index (χ0v) is 12.7. The Hall–Kier alpha value is -0.960. The van der Waals surface area contributed by atoms with Crippen molar-refractivity contribution in [2.45, 2.75) is 13.0 Å². The first-order valence-corrected chi connectivity index (χ1v) is 8.95. The van der Waals surface area contributed by atoms with Crippen LogP contribution in [0.15, 0.2) is 16.8 Å². The molecule has 1 saturated heterocycles. The molecule has 1 N–H and O–H groups in total. The summed E-state index contributed by atoms with van der Waals surface area (Å²) in [5.41, 5.74) is 1.25. The Morgan fingerprint density at radius 2 is 2.00 bits per heavy atom. The predicted octanol–water partition coefficient (Wildman–Crippen LogP) is 0.670. The second-order valence-electron chi connectivity index (χ2n) is 4.77. The summed E-state index contributed by atoms with van der Waals surface area (Å²) < 4.78 is 25.3. The largest absolute Gasteiger partial charge is 0.481 e. The summed E-state index contributed by atoms with van der Waals surface area (Å²) in [5.74, 6) is -1.39. The molecule has 6 nitrogen and oxygen atoms in total. The Balaban J connectivity index is 1.82. The Kier molecular flexibility index (Phi) is 5.14. The number of aliphatic carboxylic acids is 1. The predicted molar refractivity (Wildman–Crippen MR) is 77.2 cm³/mol. The van der Waals surface area contributed by atoms with Crippen molar-refractivity contribution < 1.29 is 18.3 Å². The average Bonchev–Trinajstić information content (AvgIpc) is 2.90. The average molecular weight is 318 g/mol. The van der Waals surface area contributed by atoms with Gasteiger partial charge in [-0.05, 0) is 22.4 Å². The standard InChI is InChI=1S/C12H18N2O4S2/c15-12(16)2-8-20(17,18)14-5-3-13(4-6-14)9-11-1-7-19-10-11/h1,7,10H,2-6,8-9H2,(H,15,16). The molecule has 1 aromatic heterocycles. The molecule has 2 rings (SSSR count). The molecule has 20 heavy (non-hydrogen) atoms. The summed E-state index contributed by atoms with van der Waals surface area (Å²) >= 11 is 1.65. The van der Waals surface area contributed by atoms with Crippen LogP contribution >= 0.6 is 11.3 Å². The van der Waals surface area contributed by atoms with Gasteiger partial charge in [-0.3, -0.25) is 9.69 Å². The molecule has 0 spiro atoms. The fraction of sp³-hybridized carbons (Fsp3) is 0.583. The zero-order chi connectivity index (χ0) is 14.6. The summed E-state index contributed by atoms with van der Waals surface area (Å²) in [6.07, 6.45) is -0.336. The van der Waals surface area contributed by atoms with Crippen LogP contribution in [-0.2, 0) is 21.4 Å². The Morgan fingerprint density at radius 3 is 2.55 bits per heavy atom. The van der Waals surface area contributed by atoms with Gasteiger partial charge in [-0.15, -0.1) is 0 Å². The number of hydrogen-bond acceptors (Lipinski definition) is 5. The summed E-state index contributed by atoms with van der Waals surface area (Å²) in [4.78, 5) is 12.7. The lowest BCUT2D eigenvalue weighted by atomic mass is 10.3. The van der Waals surface area contributed by atoms with Gasteiger partial charge in [-0.2, -0.15) is 15.6 Å². The molecule has 0 unspecified atom stereocenters. The smallest absolute Gasteiger partial charge is 0.304 e. The van der Waals surface area contributed by atoms with Crippen LogP contribution in [0.1, 0.15) is 12.0 Å². The van der Waals surface area contributed by atoms with Crippen LogP contribution in [0.4, 0.5) is 0 Å². The van der Waals surface area contributed by atoms with E-state index in [1.165, 1.54) is 9.87 Å². The second kappa shape index (κ2) is 6.66. The third-order valence-electron chi connectivity index (χ3n) is 3.28. The molecule has 0 aromatic carbocycles. The highest BCUT2D eigenvalue weighted by molar-refractivity contribution is 7.89. The van der Waals surface area contributed by atoms with Gasteiger partial charge in [0.25, 0.3) is 0 Å². The topological polar surface area (TPSA) is 77.9 Å². The molecule has 1 aliphatic heterocycles. The van der Waals surface area contributed by atoms with E-state index in [-0.39, 0.29) is 12.2 Å². The quantitative estimate of drug-likeness (QED) is 0.834. The van der Waals surface area contributed by atoms with Crippen molar-refractivity contribution in [3.8, 4) is 0 Å². The lowest BCUT2D eigenvalue weighted by Crippen LogP contribution is -2.48. The fourth-order valence-electron chi connectivity index (χ4n) is 2.15. The molecule has 1 aromatic rings. The maximum absolute atomic E-state index is 12.0. The molecule has 0 aliphatic carbocycles. The number of sulfonamides is 1. The monoisotopic (exact) mass is 318 g/mol. The maximum Gasteiger partial charge on any atom is 0.304 e. The molecule has 0 bridgehead atoms. The van der Waals surface area contributed by atoms with Gasteiger partial charge in [0.2, 0.25) is 10.0 Å². The lowest BCUT2D eigenvalue weighted by molar-refractivity contribution is -0.136. The maximum atomic E-state index is 12.0. The van der Waals surface area contributed by atoms with Crippen molar-refractivity contribution in [2.24, 2.45) is 0 Å². The van der Waals surface area contributed by atoms with Gasteiger partial charge in [-0.25, -0.2) is 8.42 Å². The highest BCUT2D eigenvalue weighted by atomic mass is 32.2. The van der Waals surface area contributed by atoms with Crippen LogP contribution in [0, 0.1) is 0 Å². The zero-order valence-electron chi connectivity index (χ0n) is 11.1. The van der Waals surface area contributed by atoms with E-state index in [4.69, 9.17) is 5.11 Å². The van der Waals surface area contributed by atoms with Crippen LogP contribution in [0.25, 0.3) is 0 Å². The van der Waals surface area contributed by atoms with Crippen molar-refractivity contribution in [3.05, 3.63) is 22.4 Å². The Morgan fingerprint density at radius 1 is 1.30 bits per heavy atom. The molecule has 0 amide bonds. The number of carbonyl (C=O) groups is 1. The number of piperazine rings is 1. The Bertz CT molecular complexity index is 534. The van der Waals surface area contributed by atoms with Crippen LogP contribution in [-0.4, -0.2) is 60.6 Å². The van der Waals surface area contributed by atoms with E-state index in [9.17, 15) is 13.2 Å². The van der Waals surface area contributed by atoms with Crippen molar-refractivity contribution in [1.82, 2.24) is 9.21 Å². The summed E-state index contributed by atoms with van der Waals surface area (Å²) in [6, 6.07) is 2.07. The number of carboxylic acids is 1. The summed E-state index contributed by atoms with van der Waals surface area (Å²) in [6.45, 7) is 3.08. The molecule has 2 heterocycles. The number of thiophene rings is 1. The molecular weight excluding hydrogens is 300 g/mol. The van der Waals surface area contributed by atoms with E-state index in [1.807, 2.05) is 5.38 Å². The van der Waals surface area contributed by atoms with Crippen molar-refractivity contribution in [2.75, 3.05) is 31.9 Å². The number of carboxylic acid groups (broad SMARTS) is 1. The van der Waals surface area contributed by atoms with Crippen LogP contribution in [0.5, 0.6) is 0 Å². The first kappa shape index (κ1) is 15.4. The molecule has 0 saturated carbocycles. The minimum Gasteiger partial charge on any atom is -0.481 e. The third kappa shape index (κ3) is 4.27. The highest BCUT2D eigenvalue weighted by Crippen LogP contribution is 2.14. The minimum atomic E-state index is -3.44. The van der Waals surface area contributed by atoms with E-state index in [1.54, 1.807) is 11.3 Å². The normalized spacial score (nSPS) is 18.2. The van der Waals surface area contributed by atoms with Gasteiger partial charge in [0.15, 0.2) is 0 Å². The molecule has 8 heteroatoms. The highest BCUT2D eigenvalue weighted by Gasteiger charge is 2.27. The minimum absolute atomic E-state index is 0.313. The molecule has 0 atom stereocenters. The van der Waals surface area contributed by atoms with Crippen molar-refractivity contribution in [3.63, 3.8) is 0 Å². The van der Waals surface area contributed by atoms with Gasteiger partial charge < -0.3 is 5.11 Å². The van der Waals surface area contributed by atoms with E-state index in [0.717, 1.165) is 6.54 Å². The molecular formula is C12H18N2O4S2. The second-order valence-corrected chi connectivity index (χ2v) is 7.64. The van der Waals surface area contributed by atoms with Crippen LogP contribution in [0.2, 0.25) is 0 Å². The summed E-state index contributed by atoms with van der Waals surface area (Å²) in [7, 11) is -3.44. The number of hydrogen-bond donors (Lipinski definition) is 1. The van der Waals surface area contributed by atoms with Gasteiger partial charge in [0.1, 0.15) is 0 Å². The van der Waals surface area contributed by atoms with E-state index >= 15 is 0 Å². The number of rotatable bonds is 6. The van der Waals surface area contributed by atoms with Gasteiger partial charge in [0, 0.05) is 32.7 Å². The third-order valence-corrected chi connectivity index (χ3v) is 5.89. The van der Waals surface area contributed by atoms with E-state index in [0.29, 0.717) is 26.2 Å². The van der Waals surface area contributed by atoms with E-state index < -0.39 is 16.0 Å². The SMILES string of the molecule is O=C(O)CCS(=O)(=O)N1CCN(Cc2ccsc2)CC1. The lowest BCUT2D eigenvalue weighted by Gasteiger charge is -2.33. The van der Waals surface area contributed by atoms with Crippen molar-refractivity contribution in [1.29, 1.82) is 0 Å². The fourth-order valence-corrected chi connectivity index (χ4v) is 4.22. The first-order valence-electron chi connectivity index (χ1n) is 6.40. The van der Waals surface area contributed by atoms with Gasteiger partial charge >= 0.3 is 5.97 Å². The molecule has 1 fully saturated rings. The van der Waals surface area contributed by atoms with Crippen LogP contribution in [0.3, 0.4) is 0 Å². The van der Waals surface area contributed by atoms with Crippen LogP contribution < -0.4 is 0 Å². The Labute approximate surface area is 122 Å². The van der Waals surface area contributed by atoms with Crippen molar-refractivity contribution >= 4 is 27.3 Å².